The molecule has 9 nitrogen and oxygen atoms in total. The van der Waals surface area contributed by atoms with Gasteiger partial charge in [-0.15, -0.1) is 0 Å². The van der Waals surface area contributed by atoms with Gasteiger partial charge in [-0.05, 0) is 48.5 Å². The predicted octanol–water partition coefficient (Wildman–Crippen LogP) is 3.14. The summed E-state index contributed by atoms with van der Waals surface area (Å²) < 4.78 is 5.84. The van der Waals surface area contributed by atoms with Gasteiger partial charge >= 0.3 is 0 Å². The standard InChI is InChI=1S/C21H27N7O2S/c1-11(2)28-19(22)17(20(23)30)18(26-28)13-7-6-12(10-24-13)8-16(29)25-15-9-14(31-27-15)21(3,4)5/h6-7,9-11H,8,22H2,1-5H3,(H2,23,30)(H,25,27,29). The van der Waals surface area contributed by atoms with Gasteiger partial charge in [-0.2, -0.15) is 9.47 Å². The summed E-state index contributed by atoms with van der Waals surface area (Å²) >= 11 is 1.38. The zero-order chi connectivity index (χ0) is 22.9. The maximum absolute atomic E-state index is 12.4. The molecule has 0 aliphatic rings. The molecule has 0 spiro atoms. The fourth-order valence-electron chi connectivity index (χ4n) is 2.99. The molecule has 3 heterocycles. The van der Waals surface area contributed by atoms with Crippen LogP contribution < -0.4 is 16.8 Å². The summed E-state index contributed by atoms with van der Waals surface area (Å²) in [7, 11) is 0. The van der Waals surface area contributed by atoms with Gasteiger partial charge in [0.2, 0.25) is 5.91 Å². The third-order valence-corrected chi connectivity index (χ3v) is 5.85. The van der Waals surface area contributed by atoms with E-state index >= 15 is 0 Å². The molecule has 0 aliphatic carbocycles. The number of pyridine rings is 1. The Balaban J connectivity index is 1.75. The molecule has 2 amide bonds. The molecule has 0 unspecified atom stereocenters. The van der Waals surface area contributed by atoms with Crippen LogP contribution in [0, 0.1) is 0 Å². The van der Waals surface area contributed by atoms with E-state index in [9.17, 15) is 9.59 Å². The second-order valence-electron chi connectivity index (χ2n) is 8.61. The highest BCUT2D eigenvalue weighted by molar-refractivity contribution is 7.06. The number of nitrogens with zero attached hydrogens (tertiary/aromatic N) is 4. The van der Waals surface area contributed by atoms with E-state index in [2.05, 4.69) is 40.5 Å². The second kappa shape index (κ2) is 8.46. The third-order valence-electron chi connectivity index (χ3n) is 4.63. The molecule has 3 aromatic heterocycles. The Morgan fingerprint density at radius 2 is 1.97 bits per heavy atom. The summed E-state index contributed by atoms with van der Waals surface area (Å²) in [5.74, 6) is -0.0973. The fraction of sp³-hybridized carbons (Fsp3) is 0.381. The largest absolute Gasteiger partial charge is 0.383 e. The summed E-state index contributed by atoms with van der Waals surface area (Å²) in [6, 6.07) is 5.31. The van der Waals surface area contributed by atoms with Crippen molar-refractivity contribution < 1.29 is 9.59 Å². The van der Waals surface area contributed by atoms with E-state index in [0.717, 1.165) is 4.88 Å². The lowest BCUT2D eigenvalue weighted by molar-refractivity contribution is -0.115. The van der Waals surface area contributed by atoms with Gasteiger partial charge in [-0.25, -0.2) is 4.68 Å². The smallest absolute Gasteiger partial charge is 0.254 e. The lowest BCUT2D eigenvalue weighted by atomic mass is 9.95. The molecule has 0 fully saturated rings. The first-order valence-electron chi connectivity index (χ1n) is 9.87. The second-order valence-corrected chi connectivity index (χ2v) is 9.42. The van der Waals surface area contributed by atoms with Crippen LogP contribution in [0.3, 0.4) is 0 Å². The normalized spacial score (nSPS) is 11.7. The number of carbonyl (C=O) groups is 2. The fourth-order valence-corrected chi connectivity index (χ4v) is 3.73. The molecule has 0 atom stereocenters. The van der Waals surface area contributed by atoms with Crippen LogP contribution in [0.25, 0.3) is 11.4 Å². The van der Waals surface area contributed by atoms with Gasteiger partial charge in [0, 0.05) is 17.1 Å². The number of carbonyl (C=O) groups excluding carboxylic acids is 2. The monoisotopic (exact) mass is 441 g/mol. The summed E-state index contributed by atoms with van der Waals surface area (Å²) in [6.45, 7) is 10.1. The number of nitrogen functional groups attached to an aromatic ring is 1. The number of hydrogen-bond donors (Lipinski definition) is 3. The highest BCUT2D eigenvalue weighted by atomic mass is 32.1. The van der Waals surface area contributed by atoms with Crippen molar-refractivity contribution in [1.82, 2.24) is 19.1 Å². The molecule has 0 saturated heterocycles. The molecular formula is C21H27N7O2S. The van der Waals surface area contributed by atoms with Gasteiger partial charge in [0.05, 0.1) is 12.1 Å². The molecule has 0 radical (unpaired) electrons. The number of rotatable bonds is 6. The van der Waals surface area contributed by atoms with Crippen molar-refractivity contribution in [2.45, 2.75) is 52.5 Å². The van der Waals surface area contributed by atoms with Gasteiger partial charge in [0.1, 0.15) is 22.9 Å². The van der Waals surface area contributed by atoms with Crippen LogP contribution in [0.2, 0.25) is 0 Å². The van der Waals surface area contributed by atoms with Crippen LogP contribution in [0.4, 0.5) is 11.6 Å². The first-order valence-corrected chi connectivity index (χ1v) is 10.6. The van der Waals surface area contributed by atoms with Crippen molar-refractivity contribution in [2.24, 2.45) is 5.73 Å². The van der Waals surface area contributed by atoms with E-state index in [-0.39, 0.29) is 35.2 Å². The first-order chi connectivity index (χ1) is 14.5. The van der Waals surface area contributed by atoms with Crippen LogP contribution in [-0.4, -0.2) is 31.0 Å². The van der Waals surface area contributed by atoms with Crippen molar-refractivity contribution in [3.05, 3.63) is 40.4 Å². The van der Waals surface area contributed by atoms with E-state index in [1.54, 1.807) is 18.3 Å². The minimum Gasteiger partial charge on any atom is -0.383 e. The minimum atomic E-state index is -0.664. The van der Waals surface area contributed by atoms with Gasteiger partial charge in [0.25, 0.3) is 5.91 Å². The number of anilines is 2. The first kappa shape index (κ1) is 22.4. The molecule has 3 rings (SSSR count). The van der Waals surface area contributed by atoms with Crippen molar-refractivity contribution in [1.29, 1.82) is 0 Å². The molecule has 10 heteroatoms. The van der Waals surface area contributed by atoms with E-state index in [4.69, 9.17) is 11.5 Å². The lowest BCUT2D eigenvalue weighted by Gasteiger charge is -2.14. The Morgan fingerprint density at radius 1 is 1.26 bits per heavy atom. The molecule has 31 heavy (non-hydrogen) atoms. The zero-order valence-corrected chi connectivity index (χ0v) is 19.1. The molecule has 5 N–H and O–H groups in total. The predicted molar refractivity (Wildman–Crippen MR) is 122 cm³/mol. The summed E-state index contributed by atoms with van der Waals surface area (Å²) in [5, 5.41) is 7.23. The Labute approximate surface area is 185 Å². The Morgan fingerprint density at radius 3 is 2.48 bits per heavy atom. The van der Waals surface area contributed by atoms with Gasteiger partial charge in [-0.1, -0.05) is 26.8 Å². The SMILES string of the molecule is CC(C)n1nc(-c2ccc(CC(=O)Nc3cc(C(C)(C)C)sn3)cn2)c(C(N)=O)c1N. The molecule has 3 aromatic rings. The summed E-state index contributed by atoms with van der Waals surface area (Å²) in [4.78, 5) is 29.8. The van der Waals surface area contributed by atoms with Crippen LogP contribution >= 0.6 is 11.5 Å². The van der Waals surface area contributed by atoms with Crippen molar-refractivity contribution in [3.8, 4) is 11.4 Å². The van der Waals surface area contributed by atoms with Gasteiger partial charge < -0.3 is 16.8 Å². The third kappa shape index (κ3) is 4.91. The maximum Gasteiger partial charge on any atom is 0.254 e. The highest BCUT2D eigenvalue weighted by Gasteiger charge is 2.23. The molecule has 164 valence electrons. The van der Waals surface area contributed by atoms with Crippen molar-refractivity contribution in [2.75, 3.05) is 11.1 Å². The molecule has 0 aromatic carbocycles. The van der Waals surface area contributed by atoms with E-state index in [1.807, 2.05) is 19.9 Å². The van der Waals surface area contributed by atoms with E-state index < -0.39 is 5.91 Å². The van der Waals surface area contributed by atoms with Crippen LogP contribution in [0.15, 0.2) is 24.4 Å². The average molecular weight is 442 g/mol. The topological polar surface area (TPSA) is 142 Å². The van der Waals surface area contributed by atoms with Crippen LogP contribution in [-0.2, 0) is 16.6 Å². The van der Waals surface area contributed by atoms with Crippen LogP contribution in [0.5, 0.6) is 0 Å². The Hall–Kier alpha value is -3.27. The minimum absolute atomic E-state index is 0.0177. The molecule has 0 saturated carbocycles. The number of nitrogens with one attached hydrogen (secondary N) is 1. The quantitative estimate of drug-likeness (QED) is 0.536. The number of amides is 2. The number of aromatic nitrogens is 4. The van der Waals surface area contributed by atoms with Crippen molar-refractivity contribution >= 4 is 35.0 Å². The van der Waals surface area contributed by atoms with Gasteiger partial charge in [-0.3, -0.25) is 14.6 Å². The maximum atomic E-state index is 12.4. The van der Waals surface area contributed by atoms with E-state index in [1.165, 1.54) is 16.2 Å². The van der Waals surface area contributed by atoms with Crippen LogP contribution in [0.1, 0.15) is 61.5 Å². The lowest BCUT2D eigenvalue weighted by Crippen LogP contribution is -2.15. The molecular weight excluding hydrogens is 414 g/mol. The number of nitrogens with two attached hydrogens (primary N) is 2. The zero-order valence-electron chi connectivity index (χ0n) is 18.3. The number of hydrogen-bond acceptors (Lipinski definition) is 7. The summed E-state index contributed by atoms with van der Waals surface area (Å²) in [5.41, 5.74) is 13.2. The average Bonchev–Trinajstić information content (AvgIpc) is 3.26. The highest BCUT2D eigenvalue weighted by Crippen LogP contribution is 2.29. The molecule has 0 bridgehead atoms. The Kier molecular flexibility index (Phi) is 6.12. The van der Waals surface area contributed by atoms with E-state index in [0.29, 0.717) is 22.8 Å². The number of primary amides is 1. The molecule has 0 aliphatic heterocycles. The Bertz CT molecular complexity index is 1110. The van der Waals surface area contributed by atoms with Gasteiger partial charge in [0.15, 0.2) is 0 Å². The van der Waals surface area contributed by atoms with Crippen molar-refractivity contribution in [3.63, 3.8) is 0 Å². The summed E-state index contributed by atoms with van der Waals surface area (Å²) in [6.07, 6.45) is 1.72.